The Morgan fingerprint density at radius 3 is 2.82 bits per heavy atom. The summed E-state index contributed by atoms with van der Waals surface area (Å²) in [5.41, 5.74) is 6.87. The van der Waals surface area contributed by atoms with Crippen molar-refractivity contribution in [2.24, 2.45) is 5.73 Å². The minimum atomic E-state index is -0.394. The Morgan fingerprint density at radius 1 is 1.41 bits per heavy atom. The van der Waals surface area contributed by atoms with Gasteiger partial charge in [-0.3, -0.25) is 0 Å². The lowest BCUT2D eigenvalue weighted by molar-refractivity contribution is 0.321. The van der Waals surface area contributed by atoms with Gasteiger partial charge in [-0.25, -0.2) is 9.07 Å². The predicted octanol–water partition coefficient (Wildman–Crippen LogP) is 1.87. The summed E-state index contributed by atoms with van der Waals surface area (Å²) < 4.78 is 20.3. The van der Waals surface area contributed by atoms with E-state index in [4.69, 9.17) is 10.5 Å². The fourth-order valence-corrected chi connectivity index (χ4v) is 1.52. The van der Waals surface area contributed by atoms with E-state index in [2.05, 4.69) is 5.10 Å². The summed E-state index contributed by atoms with van der Waals surface area (Å²) in [6.45, 7) is 2.62. The van der Waals surface area contributed by atoms with Gasteiger partial charge < -0.3 is 10.5 Å². The summed E-state index contributed by atoms with van der Waals surface area (Å²) in [6.07, 6.45) is 1.75. The number of nitrogens with two attached hydrogens (primary N) is 1. The van der Waals surface area contributed by atoms with Crippen molar-refractivity contribution in [3.8, 4) is 11.4 Å². The molecule has 0 spiro atoms. The van der Waals surface area contributed by atoms with Gasteiger partial charge in [-0.2, -0.15) is 5.10 Å². The Labute approximate surface area is 98.8 Å². The quantitative estimate of drug-likeness (QED) is 0.880. The largest absolute Gasteiger partial charge is 0.491 e. The average molecular weight is 235 g/mol. The zero-order chi connectivity index (χ0) is 12.3. The van der Waals surface area contributed by atoms with Crippen LogP contribution in [0.4, 0.5) is 4.39 Å². The first kappa shape index (κ1) is 11.6. The number of ether oxygens (including phenoxy) is 1. The van der Waals surface area contributed by atoms with Crippen molar-refractivity contribution < 1.29 is 9.13 Å². The van der Waals surface area contributed by atoms with Gasteiger partial charge >= 0.3 is 0 Å². The van der Waals surface area contributed by atoms with Crippen molar-refractivity contribution in [2.75, 3.05) is 6.61 Å². The van der Waals surface area contributed by atoms with Gasteiger partial charge in [-0.1, -0.05) is 0 Å². The number of halogens is 1. The van der Waals surface area contributed by atoms with E-state index in [1.54, 1.807) is 29.1 Å². The van der Waals surface area contributed by atoms with Gasteiger partial charge in [0.1, 0.15) is 0 Å². The number of aromatic nitrogens is 2. The number of rotatable bonds is 4. The van der Waals surface area contributed by atoms with E-state index in [-0.39, 0.29) is 5.75 Å². The fraction of sp³-hybridized carbons (Fsp3) is 0.250. The Bertz CT molecular complexity index is 510. The van der Waals surface area contributed by atoms with Crippen LogP contribution in [-0.2, 0) is 6.54 Å². The summed E-state index contributed by atoms with van der Waals surface area (Å²) in [6, 6.07) is 6.53. The highest BCUT2D eigenvalue weighted by atomic mass is 19.1. The molecule has 2 N–H and O–H groups in total. The smallest absolute Gasteiger partial charge is 0.167 e. The lowest BCUT2D eigenvalue weighted by Crippen LogP contribution is -2.01. The zero-order valence-corrected chi connectivity index (χ0v) is 9.56. The maximum Gasteiger partial charge on any atom is 0.167 e. The van der Waals surface area contributed by atoms with Crippen molar-refractivity contribution >= 4 is 0 Å². The minimum absolute atomic E-state index is 0.252. The second-order valence-corrected chi connectivity index (χ2v) is 3.50. The van der Waals surface area contributed by atoms with Crippen LogP contribution < -0.4 is 10.5 Å². The SMILES string of the molecule is CCOc1ccc(-n2ccc(CN)n2)cc1F. The number of benzene rings is 1. The topological polar surface area (TPSA) is 53.1 Å². The molecular formula is C12H14FN3O. The van der Waals surface area contributed by atoms with E-state index >= 15 is 0 Å². The molecule has 5 heteroatoms. The molecule has 2 aromatic rings. The Balaban J connectivity index is 2.30. The molecule has 0 fully saturated rings. The van der Waals surface area contributed by atoms with Crippen molar-refractivity contribution in [1.82, 2.24) is 9.78 Å². The van der Waals surface area contributed by atoms with Crippen molar-refractivity contribution in [1.29, 1.82) is 0 Å². The summed E-state index contributed by atoms with van der Waals surface area (Å²) in [7, 11) is 0. The summed E-state index contributed by atoms with van der Waals surface area (Å²) in [4.78, 5) is 0. The zero-order valence-electron chi connectivity index (χ0n) is 9.56. The molecule has 0 amide bonds. The fourth-order valence-electron chi connectivity index (χ4n) is 1.52. The van der Waals surface area contributed by atoms with E-state index in [1.165, 1.54) is 6.07 Å². The molecule has 90 valence electrons. The summed E-state index contributed by atoms with van der Waals surface area (Å²) in [5.74, 6) is -0.142. The van der Waals surface area contributed by atoms with Crippen LogP contribution in [0.3, 0.4) is 0 Å². The molecule has 17 heavy (non-hydrogen) atoms. The molecule has 0 aliphatic rings. The molecule has 0 saturated heterocycles. The molecule has 1 aromatic heterocycles. The molecule has 1 aromatic carbocycles. The lowest BCUT2D eigenvalue weighted by atomic mass is 10.3. The van der Waals surface area contributed by atoms with Crippen LogP contribution in [0.5, 0.6) is 5.75 Å². The molecule has 0 radical (unpaired) electrons. The third-order valence-electron chi connectivity index (χ3n) is 2.33. The van der Waals surface area contributed by atoms with Gasteiger partial charge in [0, 0.05) is 18.8 Å². The first-order valence-electron chi connectivity index (χ1n) is 5.42. The Hall–Kier alpha value is -1.88. The van der Waals surface area contributed by atoms with Gasteiger partial charge in [0.2, 0.25) is 0 Å². The highest BCUT2D eigenvalue weighted by Gasteiger charge is 2.06. The highest BCUT2D eigenvalue weighted by molar-refractivity contribution is 5.38. The van der Waals surface area contributed by atoms with E-state index in [0.717, 1.165) is 5.69 Å². The first-order valence-corrected chi connectivity index (χ1v) is 5.42. The molecule has 1 heterocycles. The van der Waals surface area contributed by atoms with Gasteiger partial charge in [-0.05, 0) is 25.1 Å². The van der Waals surface area contributed by atoms with Crippen LogP contribution in [0.15, 0.2) is 30.5 Å². The predicted molar refractivity (Wildman–Crippen MR) is 62.6 cm³/mol. The molecule has 0 unspecified atom stereocenters. The molecule has 2 rings (SSSR count). The molecule has 0 bridgehead atoms. The lowest BCUT2D eigenvalue weighted by Gasteiger charge is -2.06. The van der Waals surface area contributed by atoms with Crippen molar-refractivity contribution in [2.45, 2.75) is 13.5 Å². The van der Waals surface area contributed by atoms with Crippen LogP contribution in [0.2, 0.25) is 0 Å². The number of nitrogens with zero attached hydrogens (tertiary/aromatic N) is 2. The third kappa shape index (κ3) is 2.45. The normalized spacial score (nSPS) is 10.5. The van der Waals surface area contributed by atoms with Gasteiger partial charge in [0.25, 0.3) is 0 Å². The Morgan fingerprint density at radius 2 is 2.24 bits per heavy atom. The van der Waals surface area contributed by atoms with Crippen LogP contribution in [-0.4, -0.2) is 16.4 Å². The van der Waals surface area contributed by atoms with E-state index in [9.17, 15) is 4.39 Å². The molecule has 0 saturated carbocycles. The maximum absolute atomic E-state index is 13.6. The molecule has 0 atom stereocenters. The average Bonchev–Trinajstić information content (AvgIpc) is 2.80. The van der Waals surface area contributed by atoms with E-state index in [1.807, 2.05) is 6.92 Å². The number of hydrogen-bond donors (Lipinski definition) is 1. The van der Waals surface area contributed by atoms with Crippen molar-refractivity contribution in [3.05, 3.63) is 42.0 Å². The monoisotopic (exact) mass is 235 g/mol. The van der Waals surface area contributed by atoms with Gasteiger partial charge in [0.05, 0.1) is 18.0 Å². The van der Waals surface area contributed by atoms with E-state index in [0.29, 0.717) is 18.8 Å². The molecule has 0 aliphatic carbocycles. The molecule has 4 nitrogen and oxygen atoms in total. The van der Waals surface area contributed by atoms with Crippen LogP contribution >= 0.6 is 0 Å². The van der Waals surface area contributed by atoms with Crippen LogP contribution in [0, 0.1) is 5.82 Å². The molecular weight excluding hydrogens is 221 g/mol. The molecule has 0 aliphatic heterocycles. The third-order valence-corrected chi connectivity index (χ3v) is 2.33. The highest BCUT2D eigenvalue weighted by Crippen LogP contribution is 2.20. The van der Waals surface area contributed by atoms with Crippen LogP contribution in [0.1, 0.15) is 12.6 Å². The maximum atomic E-state index is 13.6. The summed E-state index contributed by atoms with van der Waals surface area (Å²) >= 11 is 0. The minimum Gasteiger partial charge on any atom is -0.491 e. The second kappa shape index (κ2) is 4.97. The Kier molecular flexibility index (Phi) is 3.39. The summed E-state index contributed by atoms with van der Waals surface area (Å²) in [5, 5.41) is 4.20. The van der Waals surface area contributed by atoms with Crippen LogP contribution in [0.25, 0.3) is 5.69 Å². The number of hydrogen-bond acceptors (Lipinski definition) is 3. The standard InChI is InChI=1S/C12H14FN3O/c1-2-17-12-4-3-10(7-11(12)13)16-6-5-9(8-14)15-16/h3-7H,2,8,14H2,1H3. The first-order chi connectivity index (χ1) is 8.24. The second-order valence-electron chi connectivity index (χ2n) is 3.50. The van der Waals surface area contributed by atoms with E-state index < -0.39 is 5.82 Å². The van der Waals surface area contributed by atoms with Gasteiger partial charge in [0.15, 0.2) is 11.6 Å². The van der Waals surface area contributed by atoms with Crippen molar-refractivity contribution in [3.63, 3.8) is 0 Å². The van der Waals surface area contributed by atoms with Gasteiger partial charge in [-0.15, -0.1) is 0 Å².